The third-order valence-corrected chi connectivity index (χ3v) is 2.64. The SMILES string of the molecule is COc1ccc2nc(C(C)Cl)n(N(C)C)c2n1. The summed E-state index contributed by atoms with van der Waals surface area (Å²) in [6.45, 7) is 1.89. The average Bonchev–Trinajstić information content (AvgIpc) is 2.66. The fraction of sp³-hybridized carbons (Fsp3) is 0.455. The number of hydrogen-bond donors (Lipinski definition) is 0. The standard InChI is InChI=1S/C11H15ClN4O/c1-7(12)10-13-8-5-6-9(17-4)14-11(8)16(10)15(2)3/h5-7H,1-4H3. The Bertz CT molecular complexity index is 535. The molecule has 0 N–H and O–H groups in total. The molecular formula is C11H15ClN4O. The number of aromatic nitrogens is 3. The maximum atomic E-state index is 6.13. The number of imidazole rings is 1. The molecule has 2 aromatic rings. The predicted molar refractivity (Wildman–Crippen MR) is 68.4 cm³/mol. The van der Waals surface area contributed by atoms with E-state index in [1.165, 1.54) is 0 Å². The van der Waals surface area contributed by atoms with E-state index in [0.717, 1.165) is 17.0 Å². The van der Waals surface area contributed by atoms with E-state index < -0.39 is 0 Å². The van der Waals surface area contributed by atoms with Crippen LogP contribution < -0.4 is 9.75 Å². The van der Waals surface area contributed by atoms with Crippen LogP contribution in [0, 0.1) is 0 Å². The summed E-state index contributed by atoms with van der Waals surface area (Å²) >= 11 is 6.13. The van der Waals surface area contributed by atoms with Gasteiger partial charge in [-0.3, -0.25) is 0 Å². The Balaban J connectivity index is 2.72. The van der Waals surface area contributed by atoms with Crippen molar-refractivity contribution in [2.24, 2.45) is 0 Å². The Labute approximate surface area is 105 Å². The Kier molecular flexibility index (Phi) is 3.11. The first-order chi connectivity index (χ1) is 8.04. The van der Waals surface area contributed by atoms with Gasteiger partial charge in [0, 0.05) is 20.2 Å². The Morgan fingerprint density at radius 2 is 2.06 bits per heavy atom. The number of nitrogens with zero attached hydrogens (tertiary/aromatic N) is 4. The van der Waals surface area contributed by atoms with Crippen LogP contribution in [-0.2, 0) is 0 Å². The molecular weight excluding hydrogens is 240 g/mol. The number of alkyl halides is 1. The summed E-state index contributed by atoms with van der Waals surface area (Å²) in [6, 6.07) is 3.67. The van der Waals surface area contributed by atoms with Crippen LogP contribution in [-0.4, -0.2) is 35.8 Å². The molecule has 0 aromatic carbocycles. The molecule has 0 amide bonds. The minimum Gasteiger partial charge on any atom is -0.481 e. The lowest BCUT2D eigenvalue weighted by molar-refractivity contribution is 0.399. The van der Waals surface area contributed by atoms with E-state index in [0.29, 0.717) is 5.88 Å². The average molecular weight is 255 g/mol. The number of pyridine rings is 1. The van der Waals surface area contributed by atoms with Crippen LogP contribution in [0.2, 0.25) is 0 Å². The van der Waals surface area contributed by atoms with Gasteiger partial charge in [-0.1, -0.05) is 0 Å². The largest absolute Gasteiger partial charge is 0.481 e. The highest BCUT2D eigenvalue weighted by molar-refractivity contribution is 6.20. The number of fused-ring (bicyclic) bond motifs is 1. The number of ether oxygens (including phenoxy) is 1. The molecule has 17 heavy (non-hydrogen) atoms. The number of methoxy groups -OCH3 is 1. The summed E-state index contributed by atoms with van der Waals surface area (Å²) in [6.07, 6.45) is 0. The third kappa shape index (κ3) is 2.02. The Hall–Kier alpha value is -1.49. The van der Waals surface area contributed by atoms with E-state index in [1.807, 2.05) is 36.8 Å². The molecule has 0 fully saturated rings. The van der Waals surface area contributed by atoms with Gasteiger partial charge in [0.25, 0.3) is 0 Å². The zero-order valence-corrected chi connectivity index (χ0v) is 11.1. The molecule has 0 saturated carbocycles. The maximum Gasteiger partial charge on any atom is 0.215 e. The highest BCUT2D eigenvalue weighted by Crippen LogP contribution is 2.24. The Morgan fingerprint density at radius 3 is 2.59 bits per heavy atom. The second-order valence-corrected chi connectivity index (χ2v) is 4.60. The van der Waals surface area contributed by atoms with Gasteiger partial charge in [-0.2, -0.15) is 4.98 Å². The first-order valence-electron chi connectivity index (χ1n) is 5.29. The highest BCUT2D eigenvalue weighted by atomic mass is 35.5. The normalized spacial score (nSPS) is 12.8. The van der Waals surface area contributed by atoms with E-state index in [1.54, 1.807) is 13.2 Å². The van der Waals surface area contributed by atoms with Gasteiger partial charge in [0.2, 0.25) is 5.88 Å². The van der Waals surface area contributed by atoms with Crippen molar-refractivity contribution in [2.45, 2.75) is 12.3 Å². The van der Waals surface area contributed by atoms with Crippen molar-refractivity contribution in [2.75, 3.05) is 26.2 Å². The lowest BCUT2D eigenvalue weighted by Crippen LogP contribution is -2.27. The topological polar surface area (TPSA) is 43.2 Å². The molecule has 1 atom stereocenters. The fourth-order valence-corrected chi connectivity index (χ4v) is 1.85. The van der Waals surface area contributed by atoms with E-state index in [2.05, 4.69) is 9.97 Å². The Morgan fingerprint density at radius 1 is 1.35 bits per heavy atom. The van der Waals surface area contributed by atoms with Crippen molar-refractivity contribution in [3.8, 4) is 5.88 Å². The summed E-state index contributed by atoms with van der Waals surface area (Å²) in [5.41, 5.74) is 1.55. The van der Waals surface area contributed by atoms with Gasteiger partial charge in [-0.15, -0.1) is 11.6 Å². The lowest BCUT2D eigenvalue weighted by atomic mass is 10.4. The molecule has 6 heteroatoms. The zero-order valence-electron chi connectivity index (χ0n) is 10.3. The van der Waals surface area contributed by atoms with Crippen molar-refractivity contribution in [3.63, 3.8) is 0 Å². The maximum absolute atomic E-state index is 6.13. The summed E-state index contributed by atoms with van der Waals surface area (Å²) < 4.78 is 7.01. The molecule has 0 radical (unpaired) electrons. The summed E-state index contributed by atoms with van der Waals surface area (Å²) in [4.78, 5) is 8.88. The highest BCUT2D eigenvalue weighted by Gasteiger charge is 2.17. The van der Waals surface area contributed by atoms with Gasteiger partial charge in [-0.05, 0) is 13.0 Å². The van der Waals surface area contributed by atoms with Gasteiger partial charge in [0.1, 0.15) is 11.3 Å². The summed E-state index contributed by atoms with van der Waals surface area (Å²) in [5.74, 6) is 1.33. The van der Waals surface area contributed by atoms with Crippen LogP contribution in [0.5, 0.6) is 5.88 Å². The number of halogens is 1. The molecule has 92 valence electrons. The van der Waals surface area contributed by atoms with Crippen LogP contribution >= 0.6 is 11.6 Å². The molecule has 0 bridgehead atoms. The van der Waals surface area contributed by atoms with E-state index in [9.17, 15) is 0 Å². The molecule has 5 nitrogen and oxygen atoms in total. The lowest BCUT2D eigenvalue weighted by Gasteiger charge is -2.18. The minimum absolute atomic E-state index is 0.183. The summed E-state index contributed by atoms with van der Waals surface area (Å²) in [7, 11) is 5.44. The first kappa shape index (κ1) is 12.0. The van der Waals surface area contributed by atoms with Crippen molar-refractivity contribution in [3.05, 3.63) is 18.0 Å². The van der Waals surface area contributed by atoms with Crippen LogP contribution in [0.15, 0.2) is 12.1 Å². The first-order valence-corrected chi connectivity index (χ1v) is 5.73. The molecule has 2 aromatic heterocycles. The predicted octanol–water partition coefficient (Wildman–Crippen LogP) is 1.94. The molecule has 1 unspecified atom stereocenters. The molecule has 0 aliphatic carbocycles. The third-order valence-electron chi connectivity index (χ3n) is 2.45. The number of rotatable bonds is 3. The van der Waals surface area contributed by atoms with Gasteiger partial charge >= 0.3 is 0 Å². The van der Waals surface area contributed by atoms with Gasteiger partial charge in [0.15, 0.2) is 5.65 Å². The minimum atomic E-state index is -0.183. The van der Waals surface area contributed by atoms with Crippen molar-refractivity contribution < 1.29 is 4.74 Å². The second-order valence-electron chi connectivity index (χ2n) is 3.94. The van der Waals surface area contributed by atoms with Crippen LogP contribution in [0.25, 0.3) is 11.2 Å². The smallest absolute Gasteiger partial charge is 0.215 e. The fourth-order valence-electron chi connectivity index (χ4n) is 1.71. The molecule has 0 saturated heterocycles. The van der Waals surface area contributed by atoms with Gasteiger partial charge in [-0.25, -0.2) is 9.66 Å². The van der Waals surface area contributed by atoms with Crippen molar-refractivity contribution in [1.82, 2.24) is 14.6 Å². The second kappa shape index (κ2) is 4.41. The number of hydrogen-bond acceptors (Lipinski definition) is 4. The van der Waals surface area contributed by atoms with Crippen molar-refractivity contribution >= 4 is 22.8 Å². The summed E-state index contributed by atoms with van der Waals surface area (Å²) in [5, 5.41) is 1.72. The molecule has 2 heterocycles. The van der Waals surface area contributed by atoms with Gasteiger partial charge < -0.3 is 9.75 Å². The molecule has 0 aliphatic rings. The molecule has 0 spiro atoms. The van der Waals surface area contributed by atoms with Crippen LogP contribution in [0.4, 0.5) is 0 Å². The molecule has 0 aliphatic heterocycles. The van der Waals surface area contributed by atoms with Gasteiger partial charge in [0.05, 0.1) is 12.5 Å². The molecule has 2 rings (SSSR count). The quantitative estimate of drug-likeness (QED) is 0.785. The van der Waals surface area contributed by atoms with E-state index in [4.69, 9.17) is 16.3 Å². The monoisotopic (exact) mass is 254 g/mol. The van der Waals surface area contributed by atoms with Crippen LogP contribution in [0.3, 0.4) is 0 Å². The van der Waals surface area contributed by atoms with E-state index in [-0.39, 0.29) is 5.38 Å². The van der Waals surface area contributed by atoms with E-state index >= 15 is 0 Å². The van der Waals surface area contributed by atoms with Crippen LogP contribution in [0.1, 0.15) is 18.1 Å². The van der Waals surface area contributed by atoms with Crippen molar-refractivity contribution in [1.29, 1.82) is 0 Å². The zero-order chi connectivity index (χ0) is 12.6.